The fraction of sp³-hybridized carbons (Fsp3) is 0.150. The maximum absolute atomic E-state index is 13.3. The molecule has 1 unspecified atom stereocenters. The second-order valence-corrected chi connectivity index (χ2v) is 6.96. The van der Waals surface area contributed by atoms with Crippen LogP contribution in [-0.2, 0) is 4.79 Å². The number of anilines is 1. The van der Waals surface area contributed by atoms with E-state index in [2.05, 4.69) is 15.6 Å². The van der Waals surface area contributed by atoms with Crippen molar-refractivity contribution in [1.29, 1.82) is 0 Å². The number of nitrogens with zero attached hydrogens (tertiary/aromatic N) is 1. The maximum atomic E-state index is 13.3. The molecule has 2 aromatic carbocycles. The molecular weight excluding hydrogens is 365 g/mol. The number of carbonyl (C=O) groups is 2. The highest BCUT2D eigenvalue weighted by Crippen LogP contribution is 2.25. The lowest BCUT2D eigenvalue weighted by atomic mass is 10.1. The molecule has 0 aliphatic carbocycles. The van der Waals surface area contributed by atoms with Gasteiger partial charge in [0.25, 0.3) is 5.91 Å². The molecule has 0 spiro atoms. The van der Waals surface area contributed by atoms with Crippen molar-refractivity contribution in [2.24, 2.45) is 0 Å². The molecule has 27 heavy (non-hydrogen) atoms. The fourth-order valence-electron chi connectivity index (χ4n) is 2.46. The van der Waals surface area contributed by atoms with Gasteiger partial charge >= 0.3 is 0 Å². The summed E-state index contributed by atoms with van der Waals surface area (Å²) in [5.41, 5.74) is 2.67. The minimum Gasteiger partial charge on any atom is -0.341 e. The second-order valence-electron chi connectivity index (χ2n) is 6.10. The highest BCUT2D eigenvalue weighted by Gasteiger charge is 2.18. The van der Waals surface area contributed by atoms with E-state index >= 15 is 0 Å². The predicted molar refractivity (Wildman–Crippen MR) is 104 cm³/mol. The molecule has 2 N–H and O–H groups in total. The molecule has 3 rings (SSSR count). The molecule has 0 bridgehead atoms. The van der Waals surface area contributed by atoms with Crippen molar-refractivity contribution >= 4 is 28.3 Å². The number of hydrogen-bond donors (Lipinski definition) is 2. The number of hydrogen-bond acceptors (Lipinski definition) is 4. The minimum absolute atomic E-state index is 0.319. The molecule has 0 fully saturated rings. The van der Waals surface area contributed by atoms with Gasteiger partial charge in [-0.25, -0.2) is 9.37 Å². The van der Waals surface area contributed by atoms with Crippen LogP contribution < -0.4 is 10.6 Å². The number of aromatic nitrogens is 1. The van der Waals surface area contributed by atoms with Crippen LogP contribution >= 0.6 is 11.3 Å². The predicted octanol–water partition coefficient (Wildman–Crippen LogP) is 4.01. The van der Waals surface area contributed by atoms with Gasteiger partial charge in [0.1, 0.15) is 11.9 Å². The zero-order valence-corrected chi connectivity index (χ0v) is 15.6. The van der Waals surface area contributed by atoms with E-state index in [0.29, 0.717) is 22.0 Å². The van der Waals surface area contributed by atoms with Crippen LogP contribution in [-0.4, -0.2) is 22.8 Å². The number of thiazole rings is 1. The van der Waals surface area contributed by atoms with E-state index in [1.165, 1.54) is 23.5 Å². The van der Waals surface area contributed by atoms with Crippen molar-refractivity contribution in [3.63, 3.8) is 0 Å². The Morgan fingerprint density at radius 1 is 1.15 bits per heavy atom. The van der Waals surface area contributed by atoms with Crippen LogP contribution in [0.3, 0.4) is 0 Å². The summed E-state index contributed by atoms with van der Waals surface area (Å²) in [4.78, 5) is 28.9. The molecule has 5 nitrogen and oxygen atoms in total. The van der Waals surface area contributed by atoms with E-state index in [1.54, 1.807) is 42.6 Å². The molecule has 7 heteroatoms. The molecule has 1 aromatic heterocycles. The third-order valence-corrected chi connectivity index (χ3v) is 4.63. The van der Waals surface area contributed by atoms with Crippen molar-refractivity contribution in [3.05, 3.63) is 70.9 Å². The lowest BCUT2D eigenvalue weighted by Gasteiger charge is -2.13. The van der Waals surface area contributed by atoms with Crippen LogP contribution in [0.4, 0.5) is 9.52 Å². The summed E-state index contributed by atoms with van der Waals surface area (Å²) in [7, 11) is 0. The van der Waals surface area contributed by atoms with E-state index < -0.39 is 6.04 Å². The SMILES string of the molecule is Cc1cccc(C(=O)NC(C)C(=O)Nc2nc(-c3cccc(F)c3)cs2)c1. The Kier molecular flexibility index (Phi) is 5.61. The maximum Gasteiger partial charge on any atom is 0.251 e. The Bertz CT molecular complexity index is 987. The van der Waals surface area contributed by atoms with Crippen molar-refractivity contribution in [2.45, 2.75) is 19.9 Å². The molecule has 0 saturated carbocycles. The summed E-state index contributed by atoms with van der Waals surface area (Å²) in [6.45, 7) is 3.50. The van der Waals surface area contributed by atoms with Crippen molar-refractivity contribution in [3.8, 4) is 11.3 Å². The van der Waals surface area contributed by atoms with Crippen LogP contribution in [0.5, 0.6) is 0 Å². The molecule has 0 aliphatic heterocycles. The molecule has 1 atom stereocenters. The zero-order chi connectivity index (χ0) is 19.4. The minimum atomic E-state index is -0.737. The topological polar surface area (TPSA) is 71.1 Å². The molecule has 0 aliphatic rings. The van der Waals surface area contributed by atoms with Gasteiger partial charge in [-0.2, -0.15) is 0 Å². The number of nitrogens with one attached hydrogen (secondary N) is 2. The van der Waals surface area contributed by atoms with Crippen LogP contribution in [0.1, 0.15) is 22.8 Å². The lowest BCUT2D eigenvalue weighted by molar-refractivity contribution is -0.117. The van der Waals surface area contributed by atoms with Crippen molar-refractivity contribution in [2.75, 3.05) is 5.32 Å². The highest BCUT2D eigenvalue weighted by atomic mass is 32.1. The summed E-state index contributed by atoms with van der Waals surface area (Å²) < 4.78 is 13.3. The Morgan fingerprint density at radius 3 is 2.67 bits per heavy atom. The molecule has 2 amide bonds. The van der Waals surface area contributed by atoms with E-state index in [-0.39, 0.29) is 17.6 Å². The van der Waals surface area contributed by atoms with Gasteiger partial charge in [-0.05, 0) is 38.1 Å². The van der Waals surface area contributed by atoms with Gasteiger partial charge in [0.15, 0.2) is 5.13 Å². The Morgan fingerprint density at radius 2 is 1.93 bits per heavy atom. The quantitative estimate of drug-likeness (QED) is 0.699. The monoisotopic (exact) mass is 383 g/mol. The Hall–Kier alpha value is -3.06. The summed E-state index contributed by atoms with van der Waals surface area (Å²) in [6, 6.07) is 12.5. The van der Waals surface area contributed by atoms with Gasteiger partial charge in [-0.3, -0.25) is 9.59 Å². The van der Waals surface area contributed by atoms with Crippen molar-refractivity contribution in [1.82, 2.24) is 10.3 Å². The van der Waals surface area contributed by atoms with Gasteiger partial charge in [0, 0.05) is 16.5 Å². The average Bonchev–Trinajstić information content (AvgIpc) is 3.10. The zero-order valence-electron chi connectivity index (χ0n) is 14.8. The van der Waals surface area contributed by atoms with Gasteiger partial charge in [0.05, 0.1) is 5.69 Å². The third-order valence-electron chi connectivity index (χ3n) is 3.88. The third kappa shape index (κ3) is 4.77. The van der Waals surface area contributed by atoms with Gasteiger partial charge in [-0.1, -0.05) is 29.8 Å². The summed E-state index contributed by atoms with van der Waals surface area (Å²) in [5, 5.41) is 7.46. The fourth-order valence-corrected chi connectivity index (χ4v) is 3.18. The van der Waals surface area contributed by atoms with E-state index in [0.717, 1.165) is 5.56 Å². The number of halogens is 1. The normalized spacial score (nSPS) is 11.7. The lowest BCUT2D eigenvalue weighted by Crippen LogP contribution is -2.41. The number of rotatable bonds is 5. The smallest absolute Gasteiger partial charge is 0.251 e. The molecule has 0 saturated heterocycles. The van der Waals surface area contributed by atoms with Gasteiger partial charge < -0.3 is 10.6 Å². The van der Waals surface area contributed by atoms with E-state index in [1.807, 2.05) is 13.0 Å². The Labute approximate surface area is 160 Å². The first-order valence-electron chi connectivity index (χ1n) is 8.32. The molecule has 1 heterocycles. The number of benzene rings is 2. The molecule has 138 valence electrons. The molecule has 3 aromatic rings. The standard InChI is InChI=1S/C20H18FN3O2S/c1-12-5-3-7-15(9-12)19(26)22-13(2)18(25)24-20-23-17(11-27-20)14-6-4-8-16(21)10-14/h3-11,13H,1-2H3,(H,22,26)(H,23,24,25). The van der Waals surface area contributed by atoms with Crippen LogP contribution in [0, 0.1) is 12.7 Å². The van der Waals surface area contributed by atoms with Crippen LogP contribution in [0.25, 0.3) is 11.3 Å². The first-order valence-corrected chi connectivity index (χ1v) is 9.20. The summed E-state index contributed by atoms with van der Waals surface area (Å²) >= 11 is 1.23. The first-order chi connectivity index (χ1) is 12.9. The van der Waals surface area contributed by atoms with E-state index in [4.69, 9.17) is 0 Å². The largest absolute Gasteiger partial charge is 0.341 e. The van der Waals surface area contributed by atoms with Crippen molar-refractivity contribution < 1.29 is 14.0 Å². The summed E-state index contributed by atoms with van der Waals surface area (Å²) in [5.74, 6) is -1.05. The second kappa shape index (κ2) is 8.09. The van der Waals surface area contributed by atoms with Crippen LogP contribution in [0.15, 0.2) is 53.9 Å². The highest BCUT2D eigenvalue weighted by molar-refractivity contribution is 7.14. The van der Waals surface area contributed by atoms with Gasteiger partial charge in [0.2, 0.25) is 5.91 Å². The average molecular weight is 383 g/mol. The van der Waals surface area contributed by atoms with Crippen LogP contribution in [0.2, 0.25) is 0 Å². The Balaban J connectivity index is 1.62. The first kappa shape index (κ1) is 18.7. The van der Waals surface area contributed by atoms with E-state index in [9.17, 15) is 14.0 Å². The number of carbonyl (C=O) groups excluding carboxylic acids is 2. The molecular formula is C20H18FN3O2S. The number of amides is 2. The number of aryl methyl sites for hydroxylation is 1. The van der Waals surface area contributed by atoms with Gasteiger partial charge in [-0.15, -0.1) is 11.3 Å². The molecule has 0 radical (unpaired) electrons. The summed E-state index contributed by atoms with van der Waals surface area (Å²) in [6.07, 6.45) is 0.